The number of rotatable bonds is 4. The molecule has 0 fully saturated rings. The molecule has 0 unspecified atom stereocenters. The Hall–Kier alpha value is -2.31. The molecule has 2 aliphatic carbocycles. The van der Waals surface area contributed by atoms with E-state index in [0.29, 0.717) is 0 Å². The van der Waals surface area contributed by atoms with Crippen molar-refractivity contribution in [3.8, 4) is 11.1 Å². The standard InChI is InChI=1S/C21H25.2C10H13.C5H5.CH2.2ClH.Zr/c1-20(2,3)16-9-7-14-11-15-8-10-17(21(4,5)6)13-19(15)18(14)12-16;2*1-10(2,3)9-7-5-4-6-8-9;1-2-4-5-3-1;;;;/h7,9-10,12-13H,11H2,1-6H3;2*5-8H,1-3H3;1-3H,4H2;1H2;2*1H;. The van der Waals surface area contributed by atoms with Gasteiger partial charge in [-0.2, -0.15) is 0 Å². The van der Waals surface area contributed by atoms with Crippen LogP contribution in [0.5, 0.6) is 0 Å². The van der Waals surface area contributed by atoms with Crippen LogP contribution in [0.25, 0.3) is 11.1 Å². The van der Waals surface area contributed by atoms with E-state index in [1.165, 1.54) is 57.6 Å². The Kier molecular flexibility index (Phi) is 10.7. The summed E-state index contributed by atoms with van der Waals surface area (Å²) in [6, 6.07) is 32.0. The average molecular weight is 787 g/mol. The molecule has 0 atom stereocenters. The molecule has 50 heavy (non-hydrogen) atoms. The van der Waals surface area contributed by atoms with Crippen LogP contribution in [-0.2, 0) is 46.4 Å². The third-order valence-corrected chi connectivity index (χ3v) is 27.9. The van der Waals surface area contributed by atoms with Gasteiger partial charge in [-0.1, -0.05) is 0 Å². The van der Waals surface area contributed by atoms with Gasteiger partial charge < -0.3 is 0 Å². The second-order valence-electron chi connectivity index (χ2n) is 19.0. The van der Waals surface area contributed by atoms with Crippen molar-refractivity contribution in [1.29, 1.82) is 0 Å². The van der Waals surface area contributed by atoms with Crippen molar-refractivity contribution in [3.63, 3.8) is 0 Å². The van der Waals surface area contributed by atoms with Crippen molar-refractivity contribution in [2.75, 3.05) is 0 Å². The zero-order valence-corrected chi connectivity index (χ0v) is 36.8. The SMILES string of the molecule is Cl.Cl.[CH2]=[Zr]([C]1=CC=CC1)([c]1ccc(C(C)(C)C)cc1)([c]1ccc(C(C)(C)C)cc1)[c]1cc(C(C)(C)C)cc2c1Cc1ccc(C(C)(C)C)cc1-2. The molecule has 4 aromatic carbocycles. The molecule has 0 radical (unpaired) electrons. The molecule has 0 heterocycles. The summed E-state index contributed by atoms with van der Waals surface area (Å²) >= 11 is -4.88. The number of benzene rings is 4. The van der Waals surface area contributed by atoms with E-state index in [1.54, 1.807) is 0 Å². The van der Waals surface area contributed by atoms with Crippen molar-refractivity contribution in [1.82, 2.24) is 0 Å². The first-order valence-electron chi connectivity index (χ1n) is 18.1. The molecule has 4 aromatic rings. The molecule has 0 saturated heterocycles. The fourth-order valence-corrected chi connectivity index (χ4v) is 23.6. The molecule has 0 aliphatic heterocycles. The number of hydrogen-bond acceptors (Lipinski definition) is 0. The van der Waals surface area contributed by atoms with E-state index in [-0.39, 0.29) is 46.5 Å². The Morgan fingerprint density at radius 3 is 1.38 bits per heavy atom. The van der Waals surface area contributed by atoms with Crippen molar-refractivity contribution in [2.45, 2.75) is 118 Å². The first-order valence-corrected chi connectivity index (χ1v) is 24.7. The van der Waals surface area contributed by atoms with Gasteiger partial charge in [0.05, 0.1) is 0 Å². The quantitative estimate of drug-likeness (QED) is 0.170. The summed E-state index contributed by atoms with van der Waals surface area (Å²) in [5.41, 5.74) is 11.5. The normalized spacial score (nSPS) is 14.8. The summed E-state index contributed by atoms with van der Waals surface area (Å²) in [6.07, 6.45) is 9.00. The summed E-state index contributed by atoms with van der Waals surface area (Å²) in [4.78, 5) is 0. The topological polar surface area (TPSA) is 0 Å². The molecule has 0 saturated carbocycles. The fourth-order valence-electron chi connectivity index (χ4n) is 8.22. The van der Waals surface area contributed by atoms with Crippen LogP contribution in [0.3, 0.4) is 0 Å². The summed E-state index contributed by atoms with van der Waals surface area (Å²) in [6.45, 7) is 28.0. The number of fused-ring (bicyclic) bond motifs is 3. The van der Waals surface area contributed by atoms with Crippen LogP contribution in [-0.4, -0.2) is 4.21 Å². The number of allylic oxidation sites excluding steroid dienone is 4. The fraction of sp³-hybridized carbons (Fsp3) is 0.383. The molecule has 0 spiro atoms. The van der Waals surface area contributed by atoms with Crippen LogP contribution in [0.4, 0.5) is 0 Å². The maximum atomic E-state index is 5.80. The molecular weight excluding hydrogens is 727 g/mol. The van der Waals surface area contributed by atoms with E-state index >= 15 is 0 Å². The minimum atomic E-state index is -4.88. The predicted octanol–water partition coefficient (Wildman–Crippen LogP) is 11.5. The zero-order chi connectivity index (χ0) is 35.1. The third-order valence-electron chi connectivity index (χ3n) is 11.6. The van der Waals surface area contributed by atoms with E-state index in [1.807, 2.05) is 0 Å². The first-order chi connectivity index (χ1) is 22.1. The van der Waals surface area contributed by atoms with Crippen molar-refractivity contribution < 1.29 is 18.3 Å². The average Bonchev–Trinajstić information content (AvgIpc) is 3.68. The Bertz CT molecular complexity index is 1960. The Balaban J connectivity index is 0.00000281. The van der Waals surface area contributed by atoms with Crippen LogP contribution in [0.1, 0.15) is 123 Å². The molecule has 0 N–H and O–H groups in total. The maximum absolute atomic E-state index is 5.80. The molecule has 0 aromatic heterocycles. The van der Waals surface area contributed by atoms with E-state index in [0.717, 1.165) is 12.8 Å². The molecule has 2 aliphatic rings. The zero-order valence-electron chi connectivity index (χ0n) is 32.7. The third kappa shape index (κ3) is 6.59. The van der Waals surface area contributed by atoms with Gasteiger partial charge in [-0.25, -0.2) is 0 Å². The molecule has 0 bridgehead atoms. The second kappa shape index (κ2) is 13.3. The van der Waals surface area contributed by atoms with Gasteiger partial charge in [0, 0.05) is 0 Å². The first kappa shape index (κ1) is 40.5. The van der Waals surface area contributed by atoms with Gasteiger partial charge in [0.1, 0.15) is 0 Å². The number of hydrogen-bond donors (Lipinski definition) is 0. The number of halogens is 2. The van der Waals surface area contributed by atoms with Gasteiger partial charge in [0.2, 0.25) is 0 Å². The van der Waals surface area contributed by atoms with Gasteiger partial charge in [-0.15, -0.1) is 24.8 Å². The van der Waals surface area contributed by atoms with Crippen molar-refractivity contribution >= 4 is 38.8 Å². The Morgan fingerprint density at radius 2 is 0.960 bits per heavy atom. The van der Waals surface area contributed by atoms with Gasteiger partial charge >= 0.3 is 295 Å². The summed E-state index contributed by atoms with van der Waals surface area (Å²) < 4.78 is 11.7. The predicted molar refractivity (Wildman–Crippen MR) is 225 cm³/mol. The van der Waals surface area contributed by atoms with E-state index < -0.39 is 18.3 Å². The molecule has 266 valence electrons. The van der Waals surface area contributed by atoms with Crippen LogP contribution in [0.2, 0.25) is 0 Å². The summed E-state index contributed by atoms with van der Waals surface area (Å²) in [5.74, 6) is 0. The van der Waals surface area contributed by atoms with Crippen LogP contribution < -0.4 is 9.81 Å². The van der Waals surface area contributed by atoms with Crippen LogP contribution >= 0.6 is 24.8 Å². The van der Waals surface area contributed by atoms with E-state index in [2.05, 4.69) is 180 Å². The van der Waals surface area contributed by atoms with Crippen LogP contribution in [0, 0.1) is 0 Å². The molecule has 3 heteroatoms. The molecular formula is C47H60Cl2Zr. The molecule has 0 amide bonds. The molecule has 6 rings (SSSR count). The van der Waals surface area contributed by atoms with E-state index in [4.69, 9.17) is 4.21 Å². The van der Waals surface area contributed by atoms with Gasteiger partial charge in [-0.05, 0) is 0 Å². The Morgan fingerprint density at radius 1 is 0.520 bits per heavy atom. The van der Waals surface area contributed by atoms with Crippen molar-refractivity contribution in [3.05, 3.63) is 134 Å². The summed E-state index contributed by atoms with van der Waals surface area (Å²) in [5, 5.41) is 0. The van der Waals surface area contributed by atoms with E-state index in [9.17, 15) is 0 Å². The minimum absolute atomic E-state index is 0. The van der Waals surface area contributed by atoms with Crippen molar-refractivity contribution in [2.24, 2.45) is 0 Å². The summed E-state index contributed by atoms with van der Waals surface area (Å²) in [7, 11) is 0. The van der Waals surface area contributed by atoms with Gasteiger partial charge in [0.15, 0.2) is 0 Å². The monoisotopic (exact) mass is 784 g/mol. The Labute approximate surface area is 317 Å². The molecule has 0 nitrogen and oxygen atoms in total. The van der Waals surface area contributed by atoms with Crippen LogP contribution in [0.15, 0.2) is 100 Å². The van der Waals surface area contributed by atoms with Gasteiger partial charge in [-0.3, -0.25) is 0 Å². The second-order valence-corrected chi connectivity index (χ2v) is 31.9. The van der Waals surface area contributed by atoms with Gasteiger partial charge in [0.25, 0.3) is 0 Å².